The van der Waals surface area contributed by atoms with Gasteiger partial charge in [-0.05, 0) is 44.1 Å². The molecule has 1 saturated heterocycles. The molecule has 11 heteroatoms. The number of rotatable bonds is 9. The van der Waals surface area contributed by atoms with Crippen molar-refractivity contribution in [1.29, 1.82) is 0 Å². The van der Waals surface area contributed by atoms with Gasteiger partial charge in [0.15, 0.2) is 0 Å². The number of nitrogens with one attached hydrogen (secondary N) is 3. The average molecular weight is 491 g/mol. The van der Waals surface area contributed by atoms with E-state index < -0.39 is 6.09 Å². The first-order valence-corrected chi connectivity index (χ1v) is 11.6. The molecule has 184 valence electrons. The number of aliphatic imine (C=N–C) groups is 1. The molecule has 2 heterocycles. The van der Waals surface area contributed by atoms with Crippen molar-refractivity contribution in [1.82, 2.24) is 15.6 Å². The number of carbonyl (C=O) groups excluding carboxylic acids is 1. The Morgan fingerprint density at radius 2 is 2.09 bits per heavy atom. The van der Waals surface area contributed by atoms with Gasteiger partial charge in [-0.25, -0.2) is 9.78 Å². The van der Waals surface area contributed by atoms with E-state index in [2.05, 4.69) is 32.5 Å². The van der Waals surface area contributed by atoms with Crippen molar-refractivity contribution in [3.8, 4) is 0 Å². The summed E-state index contributed by atoms with van der Waals surface area (Å²) in [6, 6.07) is 1.36. The molecule has 3 rings (SSSR count). The zero-order valence-electron chi connectivity index (χ0n) is 18.9. The van der Waals surface area contributed by atoms with Gasteiger partial charge in [0.2, 0.25) is 5.91 Å². The molecule has 1 aromatic rings. The van der Waals surface area contributed by atoms with Gasteiger partial charge >= 0.3 is 6.09 Å². The van der Waals surface area contributed by atoms with E-state index in [-0.39, 0.29) is 17.9 Å². The zero-order chi connectivity index (χ0) is 24.5. The molecular formula is C23H31ClN6O4. The summed E-state index contributed by atoms with van der Waals surface area (Å²) in [7, 11) is 0. The summed E-state index contributed by atoms with van der Waals surface area (Å²) in [5.41, 5.74) is 7.63. The van der Waals surface area contributed by atoms with Crippen LogP contribution in [0.4, 0.5) is 10.6 Å². The molecule has 2 fully saturated rings. The molecule has 2 atom stereocenters. The Labute approximate surface area is 203 Å². The van der Waals surface area contributed by atoms with E-state index in [1.54, 1.807) is 12.3 Å². The van der Waals surface area contributed by atoms with E-state index in [1.165, 1.54) is 12.4 Å². The SMILES string of the molecule is C=C(C=N/C=C(\N)c1cc(NC(=O)[C@@H]2CC[C@H](NC(=O)O)C2)ncc1Cl)NCC1CCOCC1. The van der Waals surface area contributed by atoms with E-state index in [4.69, 9.17) is 27.2 Å². The number of carbonyl (C=O) groups is 2. The summed E-state index contributed by atoms with van der Waals surface area (Å²) < 4.78 is 5.36. The van der Waals surface area contributed by atoms with Crippen molar-refractivity contribution in [3.05, 3.63) is 41.3 Å². The number of allylic oxidation sites excluding steroid dienone is 1. The summed E-state index contributed by atoms with van der Waals surface area (Å²) in [4.78, 5) is 31.7. The molecule has 1 aliphatic carbocycles. The smallest absolute Gasteiger partial charge is 0.404 e. The fourth-order valence-electron chi connectivity index (χ4n) is 4.03. The van der Waals surface area contributed by atoms with Gasteiger partial charge in [-0.1, -0.05) is 18.2 Å². The number of hydrogen-bond acceptors (Lipinski definition) is 7. The topological polar surface area (TPSA) is 151 Å². The minimum atomic E-state index is -1.08. The van der Waals surface area contributed by atoms with Crippen molar-refractivity contribution in [3.63, 3.8) is 0 Å². The van der Waals surface area contributed by atoms with Crippen molar-refractivity contribution in [2.24, 2.45) is 22.6 Å². The van der Waals surface area contributed by atoms with Crippen LogP contribution in [0.3, 0.4) is 0 Å². The molecular weight excluding hydrogens is 460 g/mol. The highest BCUT2D eigenvalue weighted by atomic mass is 35.5. The van der Waals surface area contributed by atoms with Crippen LogP contribution in [0.15, 0.2) is 35.7 Å². The van der Waals surface area contributed by atoms with E-state index in [9.17, 15) is 9.59 Å². The van der Waals surface area contributed by atoms with E-state index >= 15 is 0 Å². The van der Waals surface area contributed by atoms with E-state index in [1.807, 2.05) is 0 Å². The Morgan fingerprint density at radius 1 is 1.32 bits per heavy atom. The number of hydrogen-bond donors (Lipinski definition) is 5. The maximum Gasteiger partial charge on any atom is 0.404 e. The first kappa shape index (κ1) is 25.5. The molecule has 2 aliphatic rings. The predicted octanol–water partition coefficient (Wildman–Crippen LogP) is 2.97. The van der Waals surface area contributed by atoms with Gasteiger partial charge in [-0.2, -0.15) is 0 Å². The minimum Gasteiger partial charge on any atom is -0.465 e. The molecule has 2 amide bonds. The van der Waals surface area contributed by atoms with E-state index in [0.717, 1.165) is 32.6 Å². The van der Waals surface area contributed by atoms with E-state index in [0.29, 0.717) is 53.0 Å². The third kappa shape index (κ3) is 7.74. The van der Waals surface area contributed by atoms with Crippen LogP contribution in [0.25, 0.3) is 5.70 Å². The molecule has 10 nitrogen and oxygen atoms in total. The lowest BCUT2D eigenvalue weighted by molar-refractivity contribution is -0.119. The second-order valence-electron chi connectivity index (χ2n) is 8.52. The van der Waals surface area contributed by atoms with Crippen molar-refractivity contribution in [2.75, 3.05) is 25.1 Å². The highest BCUT2D eigenvalue weighted by Crippen LogP contribution is 2.28. The van der Waals surface area contributed by atoms with Gasteiger partial charge < -0.3 is 31.5 Å². The Morgan fingerprint density at radius 3 is 2.82 bits per heavy atom. The van der Waals surface area contributed by atoms with Crippen LogP contribution in [0.2, 0.25) is 5.02 Å². The molecule has 1 aliphatic heterocycles. The molecule has 34 heavy (non-hydrogen) atoms. The normalized spacial score (nSPS) is 21.4. The van der Waals surface area contributed by atoms with Gasteiger partial charge in [0, 0.05) is 55.4 Å². The first-order chi connectivity index (χ1) is 16.3. The maximum atomic E-state index is 12.6. The quantitative estimate of drug-likeness (QED) is 0.334. The van der Waals surface area contributed by atoms with Gasteiger partial charge in [-0.3, -0.25) is 9.79 Å². The third-order valence-electron chi connectivity index (χ3n) is 5.95. The fraction of sp³-hybridized carbons (Fsp3) is 0.478. The fourth-order valence-corrected chi connectivity index (χ4v) is 4.24. The van der Waals surface area contributed by atoms with Crippen LogP contribution >= 0.6 is 11.6 Å². The number of anilines is 1. The average Bonchev–Trinajstić information content (AvgIpc) is 3.27. The van der Waals surface area contributed by atoms with Crippen molar-refractivity contribution < 1.29 is 19.4 Å². The van der Waals surface area contributed by atoms with Gasteiger partial charge in [0.1, 0.15) is 5.82 Å². The summed E-state index contributed by atoms with van der Waals surface area (Å²) in [6.45, 7) is 6.36. The van der Waals surface area contributed by atoms with Crippen LogP contribution in [-0.2, 0) is 9.53 Å². The Hall–Kier alpha value is -3.11. The Kier molecular flexibility index (Phi) is 9.29. The van der Waals surface area contributed by atoms with Gasteiger partial charge in [0.25, 0.3) is 0 Å². The molecule has 1 aromatic heterocycles. The molecule has 1 saturated carbocycles. The standard InChI is InChI=1S/C23H31ClN6O4/c1-14(27-11-15-4-6-34-7-5-15)10-26-13-20(25)18-9-21(28-12-19(18)24)30-22(31)16-2-3-17(8-16)29-23(32)33/h9-10,12-13,15-17,27,29H,1-8,11,25H2,(H,32,33)(H,28,30,31)/b20-13-,26-10?/t16-,17+/m1/s1. The lowest BCUT2D eigenvalue weighted by atomic mass is 10.0. The van der Waals surface area contributed by atoms with Gasteiger partial charge in [0.05, 0.1) is 16.9 Å². The number of nitrogens with zero attached hydrogens (tertiary/aromatic N) is 2. The Balaban J connectivity index is 1.54. The lowest BCUT2D eigenvalue weighted by Gasteiger charge is -2.22. The third-order valence-corrected chi connectivity index (χ3v) is 6.25. The largest absolute Gasteiger partial charge is 0.465 e. The second kappa shape index (κ2) is 12.4. The van der Waals surface area contributed by atoms with Crippen LogP contribution < -0.4 is 21.7 Å². The maximum absolute atomic E-state index is 12.6. The number of halogens is 1. The number of nitrogens with two attached hydrogens (primary N) is 1. The second-order valence-corrected chi connectivity index (χ2v) is 8.93. The summed E-state index contributed by atoms with van der Waals surface area (Å²) >= 11 is 6.25. The van der Waals surface area contributed by atoms with Crippen molar-refractivity contribution >= 4 is 41.3 Å². The monoisotopic (exact) mass is 490 g/mol. The molecule has 0 spiro atoms. The lowest BCUT2D eigenvalue weighted by Crippen LogP contribution is -2.32. The highest BCUT2D eigenvalue weighted by Gasteiger charge is 2.31. The number of ether oxygens (including phenoxy) is 1. The van der Waals surface area contributed by atoms with Crippen LogP contribution in [0.1, 0.15) is 37.7 Å². The first-order valence-electron chi connectivity index (χ1n) is 11.3. The summed E-state index contributed by atoms with van der Waals surface area (Å²) in [5, 5.41) is 17.6. The van der Waals surface area contributed by atoms with Crippen molar-refractivity contribution in [2.45, 2.75) is 38.1 Å². The number of carboxylic acid groups (broad SMARTS) is 1. The number of amides is 2. The molecule has 6 N–H and O–H groups in total. The highest BCUT2D eigenvalue weighted by molar-refractivity contribution is 6.32. The minimum absolute atomic E-state index is 0.220. The molecule has 0 aromatic carbocycles. The van der Waals surface area contributed by atoms with Crippen LogP contribution in [0, 0.1) is 11.8 Å². The van der Waals surface area contributed by atoms with Crippen LogP contribution in [-0.4, -0.2) is 54.1 Å². The zero-order valence-corrected chi connectivity index (χ0v) is 19.7. The number of pyridine rings is 1. The van der Waals surface area contributed by atoms with Crippen LogP contribution in [0.5, 0.6) is 0 Å². The molecule has 0 bridgehead atoms. The van der Waals surface area contributed by atoms with Gasteiger partial charge in [-0.15, -0.1) is 0 Å². The summed E-state index contributed by atoms with van der Waals surface area (Å²) in [5.74, 6) is 0.354. The molecule has 0 radical (unpaired) electrons. The Bertz CT molecular complexity index is 961. The predicted molar refractivity (Wildman–Crippen MR) is 132 cm³/mol. The summed E-state index contributed by atoms with van der Waals surface area (Å²) in [6.07, 6.45) is 7.11. The number of aromatic nitrogens is 1. The molecule has 0 unspecified atom stereocenters.